The van der Waals surface area contributed by atoms with E-state index in [1.165, 1.54) is 19.2 Å². The number of hydrogen-bond donors (Lipinski definition) is 5. The van der Waals surface area contributed by atoms with Crippen LogP contribution in [0, 0.1) is 0 Å². The van der Waals surface area contributed by atoms with Gasteiger partial charge in [-0.15, -0.1) is 0 Å². The Morgan fingerprint density at radius 1 is 1.06 bits per heavy atom. The van der Waals surface area contributed by atoms with E-state index < -0.39 is 49.4 Å². The molecule has 4 rings (SSSR count). The summed E-state index contributed by atoms with van der Waals surface area (Å²) < 4.78 is 21.6. The SMILES string of the molecule is COc1ccc([C@H]2Cc3cccc(O[C@@H]4O[C@H](CO)[C@@H](O)C(O)[C@H]4O)c3C(=O)O2)cc1O. The van der Waals surface area contributed by atoms with E-state index in [1.54, 1.807) is 24.3 Å². The number of esters is 1. The van der Waals surface area contributed by atoms with Crippen molar-refractivity contribution in [1.82, 2.24) is 0 Å². The topological polar surface area (TPSA) is 155 Å². The lowest BCUT2D eigenvalue weighted by molar-refractivity contribution is -0.277. The van der Waals surface area contributed by atoms with Crippen LogP contribution in [0.5, 0.6) is 17.2 Å². The van der Waals surface area contributed by atoms with Gasteiger partial charge in [-0.1, -0.05) is 18.2 Å². The molecule has 6 atom stereocenters. The minimum Gasteiger partial charge on any atom is -0.504 e. The minimum absolute atomic E-state index is 0.0628. The molecule has 0 amide bonds. The van der Waals surface area contributed by atoms with Crippen LogP contribution in [0.2, 0.25) is 0 Å². The Kier molecular flexibility index (Phi) is 6.22. The molecule has 2 aromatic carbocycles. The van der Waals surface area contributed by atoms with E-state index >= 15 is 0 Å². The normalized spacial score (nSPS) is 29.7. The third kappa shape index (κ3) is 3.98. The molecule has 0 bridgehead atoms. The van der Waals surface area contributed by atoms with Crippen LogP contribution in [-0.4, -0.2) is 75.9 Å². The Hall–Kier alpha value is -2.89. The molecule has 10 heteroatoms. The van der Waals surface area contributed by atoms with E-state index in [-0.39, 0.29) is 17.1 Å². The summed E-state index contributed by atoms with van der Waals surface area (Å²) in [7, 11) is 1.43. The van der Waals surface area contributed by atoms with Gasteiger partial charge in [0.1, 0.15) is 41.8 Å². The molecular formula is C22H24O10. The maximum Gasteiger partial charge on any atom is 0.342 e. The first-order chi connectivity index (χ1) is 15.3. The number of methoxy groups -OCH3 is 1. The summed E-state index contributed by atoms with van der Waals surface area (Å²) in [6.07, 6.45) is -7.65. The van der Waals surface area contributed by atoms with Crippen LogP contribution in [0.15, 0.2) is 36.4 Å². The van der Waals surface area contributed by atoms with Gasteiger partial charge < -0.3 is 44.5 Å². The van der Waals surface area contributed by atoms with Crippen molar-refractivity contribution in [2.45, 2.75) is 43.2 Å². The number of ether oxygens (including phenoxy) is 4. The third-order valence-corrected chi connectivity index (χ3v) is 5.64. The van der Waals surface area contributed by atoms with Crippen molar-refractivity contribution in [2.75, 3.05) is 13.7 Å². The first-order valence-electron chi connectivity index (χ1n) is 10.0. The number of carbonyl (C=O) groups excluding carboxylic acids is 1. The number of carbonyl (C=O) groups is 1. The van der Waals surface area contributed by atoms with Crippen molar-refractivity contribution < 1.29 is 49.3 Å². The first kappa shape index (κ1) is 22.3. The summed E-state index contributed by atoms with van der Waals surface area (Å²) >= 11 is 0. The molecule has 2 aliphatic rings. The molecule has 0 aromatic heterocycles. The van der Waals surface area contributed by atoms with Gasteiger partial charge in [-0.2, -0.15) is 0 Å². The number of benzene rings is 2. The van der Waals surface area contributed by atoms with E-state index in [4.69, 9.17) is 18.9 Å². The maximum absolute atomic E-state index is 12.8. The summed E-state index contributed by atoms with van der Waals surface area (Å²) in [5.74, 6) is -0.391. The highest BCUT2D eigenvalue weighted by Crippen LogP contribution is 2.38. The monoisotopic (exact) mass is 448 g/mol. The smallest absolute Gasteiger partial charge is 0.342 e. The summed E-state index contributed by atoms with van der Waals surface area (Å²) in [5, 5.41) is 49.5. The van der Waals surface area contributed by atoms with E-state index in [1.807, 2.05) is 0 Å². The molecule has 1 unspecified atom stereocenters. The van der Waals surface area contributed by atoms with Crippen molar-refractivity contribution in [1.29, 1.82) is 0 Å². The number of aliphatic hydroxyl groups excluding tert-OH is 4. The highest BCUT2D eigenvalue weighted by Gasteiger charge is 2.45. The van der Waals surface area contributed by atoms with Crippen LogP contribution in [0.4, 0.5) is 0 Å². The van der Waals surface area contributed by atoms with E-state index in [0.29, 0.717) is 23.3 Å². The molecule has 172 valence electrons. The Morgan fingerprint density at radius 3 is 2.53 bits per heavy atom. The van der Waals surface area contributed by atoms with Crippen molar-refractivity contribution in [3.05, 3.63) is 53.1 Å². The second-order valence-corrected chi connectivity index (χ2v) is 7.63. The van der Waals surface area contributed by atoms with Crippen LogP contribution in [-0.2, 0) is 15.9 Å². The van der Waals surface area contributed by atoms with Gasteiger partial charge in [0.15, 0.2) is 11.5 Å². The first-order valence-corrected chi connectivity index (χ1v) is 10.0. The van der Waals surface area contributed by atoms with Gasteiger partial charge in [0.2, 0.25) is 6.29 Å². The number of phenolic OH excluding ortho intramolecular Hbond substituents is 1. The summed E-state index contributed by atoms with van der Waals surface area (Å²) in [5.41, 5.74) is 1.34. The zero-order valence-electron chi connectivity index (χ0n) is 17.1. The Labute approximate surface area is 183 Å². The average Bonchev–Trinajstić information content (AvgIpc) is 2.79. The number of hydrogen-bond acceptors (Lipinski definition) is 10. The van der Waals surface area contributed by atoms with Gasteiger partial charge >= 0.3 is 5.97 Å². The van der Waals surface area contributed by atoms with Gasteiger partial charge in [-0.3, -0.25) is 0 Å². The third-order valence-electron chi connectivity index (χ3n) is 5.64. The van der Waals surface area contributed by atoms with Gasteiger partial charge in [0.25, 0.3) is 0 Å². The van der Waals surface area contributed by atoms with Gasteiger partial charge in [0, 0.05) is 6.42 Å². The fraction of sp³-hybridized carbons (Fsp3) is 0.409. The molecule has 1 fully saturated rings. The second kappa shape index (κ2) is 8.93. The molecule has 32 heavy (non-hydrogen) atoms. The van der Waals surface area contributed by atoms with Crippen LogP contribution in [0.25, 0.3) is 0 Å². The average molecular weight is 448 g/mol. The van der Waals surface area contributed by atoms with Crippen LogP contribution in [0.3, 0.4) is 0 Å². The summed E-state index contributed by atoms with van der Waals surface area (Å²) in [4.78, 5) is 12.8. The zero-order valence-corrected chi connectivity index (χ0v) is 17.1. The number of phenols is 1. The van der Waals surface area contributed by atoms with Crippen molar-refractivity contribution in [2.24, 2.45) is 0 Å². The Morgan fingerprint density at radius 2 is 1.84 bits per heavy atom. The summed E-state index contributed by atoms with van der Waals surface area (Å²) in [6.45, 7) is -0.601. The van der Waals surface area contributed by atoms with Crippen LogP contribution >= 0.6 is 0 Å². The fourth-order valence-corrected chi connectivity index (χ4v) is 3.89. The maximum atomic E-state index is 12.8. The standard InChI is InChI=1S/C22H24O10/c1-29-13-6-5-10(7-12(13)24)15-8-11-3-2-4-14(17(11)21(28)30-15)31-22-20(27)19(26)18(25)16(9-23)32-22/h2-7,15-16,18-20,22-27H,8-9H2,1H3/t15-,16-,18-,19?,20-,22-/m1/s1. The number of fused-ring (bicyclic) bond motifs is 1. The minimum atomic E-state index is -1.61. The lowest BCUT2D eigenvalue weighted by Crippen LogP contribution is -2.60. The molecular weight excluding hydrogens is 424 g/mol. The molecule has 5 N–H and O–H groups in total. The lowest BCUT2D eigenvalue weighted by atomic mass is 9.93. The predicted octanol–water partition coefficient (Wildman–Crippen LogP) is 0.0337. The lowest BCUT2D eigenvalue weighted by Gasteiger charge is -2.40. The van der Waals surface area contributed by atoms with E-state index in [0.717, 1.165) is 0 Å². The molecule has 2 aromatic rings. The fourth-order valence-electron chi connectivity index (χ4n) is 3.89. The highest BCUT2D eigenvalue weighted by molar-refractivity contribution is 5.95. The number of aliphatic hydroxyl groups is 4. The van der Waals surface area contributed by atoms with Gasteiger partial charge in [-0.25, -0.2) is 4.79 Å². The highest BCUT2D eigenvalue weighted by atomic mass is 16.7. The number of aromatic hydroxyl groups is 1. The largest absolute Gasteiger partial charge is 0.504 e. The molecule has 10 nitrogen and oxygen atoms in total. The second-order valence-electron chi connectivity index (χ2n) is 7.63. The molecule has 1 saturated heterocycles. The predicted molar refractivity (Wildman–Crippen MR) is 107 cm³/mol. The Bertz CT molecular complexity index is 991. The summed E-state index contributed by atoms with van der Waals surface area (Å²) in [6, 6.07) is 9.60. The molecule has 2 heterocycles. The quantitative estimate of drug-likeness (QED) is 0.396. The molecule has 0 spiro atoms. The van der Waals surface area contributed by atoms with E-state index in [9.17, 15) is 30.3 Å². The number of rotatable bonds is 5. The molecule has 0 radical (unpaired) electrons. The van der Waals surface area contributed by atoms with Crippen LogP contribution in [0.1, 0.15) is 27.6 Å². The van der Waals surface area contributed by atoms with Gasteiger partial charge in [-0.05, 0) is 29.3 Å². The zero-order chi connectivity index (χ0) is 23.0. The molecule has 2 aliphatic heterocycles. The van der Waals surface area contributed by atoms with Crippen molar-refractivity contribution in [3.63, 3.8) is 0 Å². The molecule has 0 saturated carbocycles. The molecule has 0 aliphatic carbocycles. The van der Waals surface area contributed by atoms with Gasteiger partial charge in [0.05, 0.1) is 13.7 Å². The van der Waals surface area contributed by atoms with Crippen molar-refractivity contribution >= 4 is 5.97 Å². The van der Waals surface area contributed by atoms with Crippen LogP contribution < -0.4 is 9.47 Å². The van der Waals surface area contributed by atoms with E-state index in [2.05, 4.69) is 0 Å². The number of cyclic esters (lactones) is 1. The van der Waals surface area contributed by atoms with Crippen molar-refractivity contribution in [3.8, 4) is 17.2 Å². The Balaban J connectivity index is 1.58.